The molecular weight excluding hydrogens is 292 g/mol. The van der Waals surface area contributed by atoms with Gasteiger partial charge in [-0.2, -0.15) is 0 Å². The normalized spacial score (nSPS) is 18.4. The Morgan fingerprint density at radius 1 is 0.957 bits per heavy atom. The topological polar surface area (TPSA) is 0 Å². The summed E-state index contributed by atoms with van der Waals surface area (Å²) in [6.45, 7) is 9.65. The maximum atomic E-state index is 2.46. The molecular formula is C22H27Si. The van der Waals surface area contributed by atoms with E-state index in [2.05, 4.69) is 81.5 Å². The molecule has 1 heteroatoms. The summed E-state index contributed by atoms with van der Waals surface area (Å²) >= 11 is 0. The molecule has 0 amide bonds. The lowest BCUT2D eigenvalue weighted by atomic mass is 9.92. The molecule has 1 radical (unpaired) electrons. The van der Waals surface area contributed by atoms with E-state index in [4.69, 9.17) is 0 Å². The van der Waals surface area contributed by atoms with Gasteiger partial charge in [-0.1, -0.05) is 86.7 Å². The fourth-order valence-electron chi connectivity index (χ4n) is 3.95. The quantitative estimate of drug-likeness (QED) is 0.582. The Hall–Kier alpha value is -1.60. The number of rotatable bonds is 5. The fraction of sp³-hybridized carbons (Fsp3) is 0.364. The molecule has 0 spiro atoms. The molecule has 2 aromatic carbocycles. The third-order valence-corrected chi connectivity index (χ3v) is 6.89. The highest BCUT2D eigenvalue weighted by Gasteiger charge is 2.34. The average Bonchev–Trinajstić information content (AvgIpc) is 2.90. The third-order valence-electron chi connectivity index (χ3n) is 5.19. The van der Waals surface area contributed by atoms with Crippen molar-refractivity contribution in [2.75, 3.05) is 0 Å². The van der Waals surface area contributed by atoms with E-state index in [0.717, 1.165) is 6.42 Å². The molecule has 23 heavy (non-hydrogen) atoms. The molecule has 2 aromatic rings. The predicted molar refractivity (Wildman–Crippen MR) is 103 cm³/mol. The lowest BCUT2D eigenvalue weighted by molar-refractivity contribution is 0.715. The number of allylic oxidation sites excluding steroid dienone is 2. The van der Waals surface area contributed by atoms with Gasteiger partial charge in [-0.25, -0.2) is 0 Å². The van der Waals surface area contributed by atoms with Gasteiger partial charge in [-0.05, 0) is 41.0 Å². The monoisotopic (exact) mass is 319 g/mol. The van der Waals surface area contributed by atoms with Crippen molar-refractivity contribution in [2.24, 2.45) is 5.92 Å². The third kappa shape index (κ3) is 3.07. The van der Waals surface area contributed by atoms with Crippen LogP contribution in [0.1, 0.15) is 42.9 Å². The Bertz CT molecular complexity index is 697. The Morgan fingerprint density at radius 2 is 1.61 bits per heavy atom. The van der Waals surface area contributed by atoms with Crippen LogP contribution in [0.25, 0.3) is 5.57 Å². The van der Waals surface area contributed by atoms with Crippen LogP contribution in [0.4, 0.5) is 0 Å². The molecule has 1 aliphatic carbocycles. The number of hydrogen-bond donors (Lipinski definition) is 0. The predicted octanol–water partition coefficient (Wildman–Crippen LogP) is 6.12. The first-order valence-electron chi connectivity index (χ1n) is 8.81. The first kappa shape index (κ1) is 16.3. The summed E-state index contributed by atoms with van der Waals surface area (Å²) in [4.78, 5) is 0. The van der Waals surface area contributed by atoms with Crippen LogP contribution in [-0.4, -0.2) is 8.80 Å². The smallest absolute Gasteiger partial charge is 0.0715 e. The second-order valence-electron chi connectivity index (χ2n) is 6.97. The first-order valence-corrected chi connectivity index (χ1v) is 11.3. The second kappa shape index (κ2) is 6.88. The summed E-state index contributed by atoms with van der Waals surface area (Å²) in [7, 11) is -0.469. The summed E-state index contributed by atoms with van der Waals surface area (Å²) in [5, 5.41) is 1.77. The number of benzene rings is 2. The lowest BCUT2D eigenvalue weighted by Crippen LogP contribution is -2.16. The highest BCUT2D eigenvalue weighted by atomic mass is 28.3. The van der Waals surface area contributed by atoms with Crippen LogP contribution in [-0.2, 0) is 6.42 Å². The molecule has 2 atom stereocenters. The fourth-order valence-corrected chi connectivity index (χ4v) is 5.82. The van der Waals surface area contributed by atoms with E-state index in [1.54, 1.807) is 16.3 Å². The molecule has 2 unspecified atom stereocenters. The summed E-state index contributed by atoms with van der Waals surface area (Å²) < 4.78 is 0. The van der Waals surface area contributed by atoms with E-state index >= 15 is 0 Å². The van der Waals surface area contributed by atoms with Gasteiger partial charge in [0.05, 0.1) is 8.80 Å². The Kier molecular flexibility index (Phi) is 4.86. The number of fused-ring (bicyclic) bond motifs is 1. The van der Waals surface area contributed by atoms with Gasteiger partial charge in [-0.3, -0.25) is 0 Å². The minimum absolute atomic E-state index is 0.469. The first-order chi connectivity index (χ1) is 11.1. The lowest BCUT2D eigenvalue weighted by Gasteiger charge is -2.21. The van der Waals surface area contributed by atoms with Crippen LogP contribution in [0.3, 0.4) is 0 Å². The molecule has 0 fully saturated rings. The molecule has 0 saturated carbocycles. The molecule has 0 bridgehead atoms. The highest BCUT2D eigenvalue weighted by Crippen LogP contribution is 2.48. The molecule has 0 aliphatic heterocycles. The highest BCUT2D eigenvalue weighted by molar-refractivity contribution is 6.66. The summed E-state index contributed by atoms with van der Waals surface area (Å²) in [6.07, 6.45) is 2.36. The van der Waals surface area contributed by atoms with Crippen molar-refractivity contribution in [2.45, 2.75) is 45.7 Å². The maximum absolute atomic E-state index is 2.46. The molecule has 0 heterocycles. The summed E-state index contributed by atoms with van der Waals surface area (Å²) in [5.74, 6) is 1.24. The van der Waals surface area contributed by atoms with Crippen LogP contribution >= 0.6 is 0 Å². The van der Waals surface area contributed by atoms with Crippen LogP contribution in [0.2, 0.25) is 13.1 Å². The minimum Gasteiger partial charge on any atom is -0.0715 e. The van der Waals surface area contributed by atoms with Gasteiger partial charge < -0.3 is 0 Å². The van der Waals surface area contributed by atoms with Crippen molar-refractivity contribution in [3.63, 3.8) is 0 Å². The molecule has 0 saturated heterocycles. The van der Waals surface area contributed by atoms with Crippen molar-refractivity contribution >= 4 is 14.4 Å². The van der Waals surface area contributed by atoms with E-state index in [1.165, 1.54) is 17.5 Å². The largest absolute Gasteiger partial charge is 0.0749 e. The van der Waals surface area contributed by atoms with E-state index in [9.17, 15) is 0 Å². The molecule has 1 aliphatic rings. The molecule has 0 nitrogen and oxygen atoms in total. The van der Waals surface area contributed by atoms with Crippen molar-refractivity contribution in [1.82, 2.24) is 0 Å². The van der Waals surface area contributed by atoms with Crippen LogP contribution in [0.15, 0.2) is 59.8 Å². The van der Waals surface area contributed by atoms with Crippen molar-refractivity contribution in [3.8, 4) is 0 Å². The van der Waals surface area contributed by atoms with Gasteiger partial charge in [0.1, 0.15) is 0 Å². The van der Waals surface area contributed by atoms with E-state index in [1.807, 2.05) is 0 Å². The SMILES string of the molecule is CCC(C)C1=C([Si](C)C)C(Cc2ccccc2)c2ccccc21. The van der Waals surface area contributed by atoms with Gasteiger partial charge >= 0.3 is 0 Å². The van der Waals surface area contributed by atoms with Crippen molar-refractivity contribution < 1.29 is 0 Å². The van der Waals surface area contributed by atoms with E-state index in [-0.39, 0.29) is 0 Å². The Balaban J connectivity index is 2.10. The van der Waals surface area contributed by atoms with Crippen molar-refractivity contribution in [1.29, 1.82) is 0 Å². The zero-order chi connectivity index (χ0) is 16.4. The Labute approximate surface area is 142 Å². The Morgan fingerprint density at radius 3 is 2.26 bits per heavy atom. The molecule has 0 N–H and O–H groups in total. The van der Waals surface area contributed by atoms with Gasteiger partial charge in [-0.15, -0.1) is 0 Å². The molecule has 119 valence electrons. The standard InChI is InChI=1S/C22H27Si/c1-5-16(2)21-19-14-10-9-13-18(19)20(22(21)23(3)4)15-17-11-7-6-8-12-17/h6-14,16,20H,5,15H2,1-4H3. The zero-order valence-electron chi connectivity index (χ0n) is 14.8. The van der Waals surface area contributed by atoms with Gasteiger partial charge in [0, 0.05) is 5.92 Å². The van der Waals surface area contributed by atoms with E-state index in [0.29, 0.717) is 11.8 Å². The summed E-state index contributed by atoms with van der Waals surface area (Å²) in [6, 6.07) is 20.1. The van der Waals surface area contributed by atoms with Gasteiger partial charge in [0.15, 0.2) is 0 Å². The zero-order valence-corrected chi connectivity index (χ0v) is 15.8. The average molecular weight is 320 g/mol. The van der Waals surface area contributed by atoms with Gasteiger partial charge in [0.2, 0.25) is 0 Å². The molecule has 3 rings (SSSR count). The second-order valence-corrected chi connectivity index (χ2v) is 9.50. The van der Waals surface area contributed by atoms with Gasteiger partial charge in [0.25, 0.3) is 0 Å². The molecule has 0 aromatic heterocycles. The van der Waals surface area contributed by atoms with Crippen molar-refractivity contribution in [3.05, 3.63) is 76.5 Å². The van der Waals surface area contributed by atoms with E-state index < -0.39 is 8.80 Å². The van der Waals surface area contributed by atoms with Crippen LogP contribution < -0.4 is 0 Å². The minimum atomic E-state index is -0.469. The number of hydrogen-bond acceptors (Lipinski definition) is 0. The van der Waals surface area contributed by atoms with Crippen LogP contribution in [0.5, 0.6) is 0 Å². The maximum Gasteiger partial charge on any atom is 0.0749 e. The van der Waals surface area contributed by atoms with Crippen LogP contribution in [0, 0.1) is 5.92 Å². The summed E-state index contributed by atoms with van der Waals surface area (Å²) in [5.41, 5.74) is 6.22.